The molecule has 144 valence electrons. The number of quaternary nitrogens is 2. The van der Waals surface area contributed by atoms with Gasteiger partial charge in [0.1, 0.15) is 38.5 Å². The third-order valence-electron chi connectivity index (χ3n) is 5.09. The predicted molar refractivity (Wildman–Crippen MR) is 108 cm³/mol. The van der Waals surface area contributed by atoms with E-state index < -0.39 is 0 Å². The Morgan fingerprint density at radius 2 is 1.74 bits per heavy atom. The summed E-state index contributed by atoms with van der Waals surface area (Å²) in [4.78, 5) is 15.2. The summed E-state index contributed by atoms with van der Waals surface area (Å²) in [6, 6.07) is 14.0. The van der Waals surface area contributed by atoms with E-state index in [1.165, 1.54) is 10.5 Å². The number of ether oxygens (including phenoxy) is 1. The number of nitrogens with one attached hydrogen (secondary N) is 3. The van der Waals surface area contributed by atoms with Crippen LogP contribution in [0.2, 0.25) is 5.02 Å². The van der Waals surface area contributed by atoms with Gasteiger partial charge in [-0.05, 0) is 48.9 Å². The zero-order valence-electron chi connectivity index (χ0n) is 16.0. The number of anilines is 1. The molecule has 0 unspecified atom stereocenters. The lowest BCUT2D eigenvalue weighted by Gasteiger charge is -2.29. The third-order valence-corrected chi connectivity index (χ3v) is 5.40. The first kappa shape index (κ1) is 19.7. The fraction of sp³-hybridized carbons (Fsp3) is 0.381. The molecule has 3 rings (SSSR count). The second kappa shape index (κ2) is 9.22. The number of piperazine rings is 1. The van der Waals surface area contributed by atoms with Gasteiger partial charge in [0.15, 0.2) is 6.54 Å². The third kappa shape index (κ3) is 5.70. The number of hydrogen-bond donors (Lipinski definition) is 3. The maximum Gasteiger partial charge on any atom is 0.279 e. The highest BCUT2D eigenvalue weighted by Crippen LogP contribution is 2.22. The molecule has 0 spiro atoms. The Hall–Kier alpha value is -2.08. The second-order valence-electron chi connectivity index (χ2n) is 7.23. The van der Waals surface area contributed by atoms with Gasteiger partial charge in [-0.3, -0.25) is 4.79 Å². The summed E-state index contributed by atoms with van der Waals surface area (Å²) >= 11 is 6.20. The normalized spacial score (nSPS) is 19.5. The van der Waals surface area contributed by atoms with Crippen molar-refractivity contribution in [3.63, 3.8) is 0 Å². The zero-order chi connectivity index (χ0) is 19.2. The van der Waals surface area contributed by atoms with E-state index in [4.69, 9.17) is 16.3 Å². The van der Waals surface area contributed by atoms with Gasteiger partial charge in [-0.2, -0.15) is 0 Å². The molecule has 0 aliphatic carbocycles. The molecule has 1 heterocycles. The highest BCUT2D eigenvalue weighted by molar-refractivity contribution is 6.33. The Kier molecular flexibility index (Phi) is 6.72. The molecule has 2 aromatic carbocycles. The van der Waals surface area contributed by atoms with Gasteiger partial charge in [0.05, 0.1) is 17.8 Å². The van der Waals surface area contributed by atoms with Gasteiger partial charge in [0.2, 0.25) is 0 Å². The van der Waals surface area contributed by atoms with Crippen molar-refractivity contribution >= 4 is 23.2 Å². The zero-order valence-corrected chi connectivity index (χ0v) is 16.7. The van der Waals surface area contributed by atoms with Crippen LogP contribution >= 0.6 is 11.6 Å². The van der Waals surface area contributed by atoms with Crippen molar-refractivity contribution in [3.05, 3.63) is 58.6 Å². The minimum Gasteiger partial charge on any atom is -0.497 e. The van der Waals surface area contributed by atoms with Crippen LogP contribution < -0.4 is 19.9 Å². The Bertz CT molecular complexity index is 771. The SMILES string of the molecule is COc1ccc(C[NH+]2CC[NH+](CC(=O)Nc3ccc(C)cc3Cl)CC2)cc1. The van der Waals surface area contributed by atoms with Crippen LogP contribution in [-0.2, 0) is 11.3 Å². The molecule has 1 saturated heterocycles. The fourth-order valence-electron chi connectivity index (χ4n) is 3.49. The summed E-state index contributed by atoms with van der Waals surface area (Å²) in [5.41, 5.74) is 3.09. The smallest absolute Gasteiger partial charge is 0.279 e. The molecule has 27 heavy (non-hydrogen) atoms. The molecule has 3 N–H and O–H groups in total. The lowest BCUT2D eigenvalue weighted by Crippen LogP contribution is -3.28. The van der Waals surface area contributed by atoms with Gasteiger partial charge in [-0.25, -0.2) is 0 Å². The van der Waals surface area contributed by atoms with Crippen LogP contribution in [0.4, 0.5) is 5.69 Å². The molecular formula is C21H28ClN3O2+2. The number of hydrogen-bond acceptors (Lipinski definition) is 2. The predicted octanol–water partition coefficient (Wildman–Crippen LogP) is 0.579. The summed E-state index contributed by atoms with van der Waals surface area (Å²) < 4.78 is 5.21. The summed E-state index contributed by atoms with van der Waals surface area (Å²) in [7, 11) is 1.69. The number of halogens is 1. The maximum atomic E-state index is 12.3. The Morgan fingerprint density at radius 1 is 1.07 bits per heavy atom. The summed E-state index contributed by atoms with van der Waals surface area (Å²) in [6.45, 7) is 7.62. The van der Waals surface area contributed by atoms with Gasteiger partial charge in [0.25, 0.3) is 5.91 Å². The van der Waals surface area contributed by atoms with Crippen LogP contribution in [0.1, 0.15) is 11.1 Å². The second-order valence-corrected chi connectivity index (χ2v) is 7.64. The van der Waals surface area contributed by atoms with Gasteiger partial charge in [0, 0.05) is 5.56 Å². The minimum atomic E-state index is 0.0226. The van der Waals surface area contributed by atoms with Crippen LogP contribution in [0, 0.1) is 6.92 Å². The monoisotopic (exact) mass is 389 g/mol. The molecule has 0 saturated carbocycles. The van der Waals surface area contributed by atoms with E-state index in [2.05, 4.69) is 17.4 Å². The molecule has 6 heteroatoms. The molecule has 0 bridgehead atoms. The number of amides is 1. The number of carbonyl (C=O) groups excluding carboxylic acids is 1. The average molecular weight is 390 g/mol. The standard InChI is InChI=1S/C21H26ClN3O2/c1-16-3-8-20(19(22)13-16)23-21(26)15-25-11-9-24(10-12-25)14-17-4-6-18(27-2)7-5-17/h3-8,13H,9-12,14-15H2,1-2H3,(H,23,26)/p+2. The van der Waals surface area contributed by atoms with E-state index in [1.54, 1.807) is 12.0 Å². The topological polar surface area (TPSA) is 47.2 Å². The van der Waals surface area contributed by atoms with Crippen LogP contribution in [0.15, 0.2) is 42.5 Å². The summed E-state index contributed by atoms with van der Waals surface area (Å²) in [5, 5.41) is 3.53. The first-order valence-electron chi connectivity index (χ1n) is 9.39. The van der Waals surface area contributed by atoms with Gasteiger partial charge < -0.3 is 19.9 Å². The summed E-state index contributed by atoms with van der Waals surface area (Å²) in [5.74, 6) is 0.914. The van der Waals surface area contributed by atoms with Crippen molar-refractivity contribution in [1.29, 1.82) is 0 Å². The maximum absolute atomic E-state index is 12.3. The molecule has 2 aromatic rings. The first-order valence-corrected chi connectivity index (χ1v) is 9.77. The molecular weight excluding hydrogens is 362 g/mol. The average Bonchev–Trinajstić information content (AvgIpc) is 2.66. The van der Waals surface area contributed by atoms with Crippen LogP contribution in [0.3, 0.4) is 0 Å². The fourth-order valence-corrected chi connectivity index (χ4v) is 3.77. The Balaban J connectivity index is 1.44. The molecule has 1 fully saturated rings. The number of carbonyl (C=O) groups is 1. The number of methoxy groups -OCH3 is 1. The molecule has 0 atom stereocenters. The number of rotatable bonds is 6. The van der Waals surface area contributed by atoms with Gasteiger partial charge >= 0.3 is 0 Å². The van der Waals surface area contributed by atoms with E-state index in [-0.39, 0.29) is 5.91 Å². The molecule has 0 aromatic heterocycles. The Labute approximate surface area is 165 Å². The lowest BCUT2D eigenvalue weighted by molar-refractivity contribution is -1.02. The van der Waals surface area contributed by atoms with Crippen LogP contribution in [0.25, 0.3) is 0 Å². The molecule has 1 aliphatic rings. The van der Waals surface area contributed by atoms with Crippen molar-refractivity contribution in [1.82, 2.24) is 0 Å². The van der Waals surface area contributed by atoms with Gasteiger partial charge in [-0.15, -0.1) is 0 Å². The quantitative estimate of drug-likeness (QED) is 0.677. The van der Waals surface area contributed by atoms with E-state index in [1.807, 2.05) is 37.3 Å². The van der Waals surface area contributed by atoms with Crippen molar-refractivity contribution in [2.75, 3.05) is 45.2 Å². The number of benzene rings is 2. The lowest BCUT2D eigenvalue weighted by atomic mass is 10.2. The van der Waals surface area contributed by atoms with Crippen molar-refractivity contribution in [2.45, 2.75) is 13.5 Å². The Morgan fingerprint density at radius 3 is 2.37 bits per heavy atom. The van der Waals surface area contributed by atoms with E-state index in [0.29, 0.717) is 17.3 Å². The minimum absolute atomic E-state index is 0.0226. The highest BCUT2D eigenvalue weighted by Gasteiger charge is 2.25. The molecule has 5 nitrogen and oxygen atoms in total. The largest absolute Gasteiger partial charge is 0.497 e. The molecule has 1 amide bonds. The number of aryl methyl sites for hydroxylation is 1. The van der Waals surface area contributed by atoms with E-state index >= 15 is 0 Å². The summed E-state index contributed by atoms with van der Waals surface area (Å²) in [6.07, 6.45) is 0. The van der Waals surface area contributed by atoms with Crippen molar-refractivity contribution in [3.8, 4) is 5.75 Å². The van der Waals surface area contributed by atoms with Gasteiger partial charge in [-0.1, -0.05) is 17.7 Å². The van der Waals surface area contributed by atoms with Crippen LogP contribution in [0.5, 0.6) is 5.75 Å². The van der Waals surface area contributed by atoms with Crippen molar-refractivity contribution < 1.29 is 19.3 Å². The van der Waals surface area contributed by atoms with E-state index in [0.717, 1.165) is 44.0 Å². The molecule has 1 aliphatic heterocycles. The van der Waals surface area contributed by atoms with Crippen LogP contribution in [-0.4, -0.2) is 45.7 Å². The molecule has 0 radical (unpaired) electrons. The first-order chi connectivity index (χ1) is 13.0. The van der Waals surface area contributed by atoms with Crippen molar-refractivity contribution in [2.24, 2.45) is 0 Å². The van der Waals surface area contributed by atoms with E-state index in [9.17, 15) is 4.79 Å². The highest BCUT2D eigenvalue weighted by atomic mass is 35.5.